The van der Waals surface area contributed by atoms with Gasteiger partial charge in [-0.15, -0.1) is 0 Å². The fourth-order valence-corrected chi connectivity index (χ4v) is 3.11. The Morgan fingerprint density at radius 1 is 1.26 bits per heavy atom. The van der Waals surface area contributed by atoms with Crippen LogP contribution in [0.15, 0.2) is 22.7 Å². The highest BCUT2D eigenvalue weighted by Crippen LogP contribution is 2.24. The normalized spacial score (nSPS) is 23.7. The molecule has 19 heavy (non-hydrogen) atoms. The lowest BCUT2D eigenvalue weighted by Crippen LogP contribution is -2.34. The number of rotatable bonds is 2. The molecule has 0 spiro atoms. The van der Waals surface area contributed by atoms with Crippen LogP contribution >= 0.6 is 15.9 Å². The minimum atomic E-state index is 0.0679. The zero-order valence-corrected chi connectivity index (χ0v) is 13.3. The van der Waals surface area contributed by atoms with E-state index in [1.54, 1.807) is 0 Å². The van der Waals surface area contributed by atoms with Crippen molar-refractivity contribution in [1.29, 1.82) is 0 Å². The number of halogens is 1. The summed E-state index contributed by atoms with van der Waals surface area (Å²) in [6, 6.07) is 6.13. The maximum absolute atomic E-state index is 12.3. The molecule has 1 amide bonds. The lowest BCUT2D eigenvalue weighted by Gasteiger charge is -2.17. The summed E-state index contributed by atoms with van der Waals surface area (Å²) < 4.78 is 0.995. The van der Waals surface area contributed by atoms with Crippen LogP contribution in [0.25, 0.3) is 0 Å². The molecule has 3 heteroatoms. The van der Waals surface area contributed by atoms with Crippen LogP contribution in [0.4, 0.5) is 0 Å². The van der Waals surface area contributed by atoms with Crippen LogP contribution in [0.2, 0.25) is 0 Å². The van der Waals surface area contributed by atoms with Gasteiger partial charge in [0.25, 0.3) is 5.91 Å². The van der Waals surface area contributed by atoms with Crippen LogP contribution in [0.5, 0.6) is 0 Å². The van der Waals surface area contributed by atoms with E-state index >= 15 is 0 Å². The topological polar surface area (TPSA) is 29.1 Å². The first kappa shape index (κ1) is 14.6. The van der Waals surface area contributed by atoms with E-state index in [-0.39, 0.29) is 5.91 Å². The van der Waals surface area contributed by atoms with Gasteiger partial charge in [0.05, 0.1) is 0 Å². The van der Waals surface area contributed by atoms with Crippen LogP contribution in [-0.4, -0.2) is 11.9 Å². The van der Waals surface area contributed by atoms with Gasteiger partial charge in [-0.1, -0.05) is 41.8 Å². The van der Waals surface area contributed by atoms with Crippen LogP contribution < -0.4 is 5.32 Å². The predicted octanol–water partition coefficient (Wildman–Crippen LogP) is 4.46. The first-order chi connectivity index (χ1) is 9.08. The van der Waals surface area contributed by atoms with Gasteiger partial charge in [-0.2, -0.15) is 0 Å². The molecule has 1 aliphatic carbocycles. The van der Waals surface area contributed by atoms with Crippen molar-refractivity contribution in [2.24, 2.45) is 5.92 Å². The smallest absolute Gasteiger partial charge is 0.251 e. The highest BCUT2D eigenvalue weighted by molar-refractivity contribution is 9.10. The Hall–Kier alpha value is -0.830. The standard InChI is InChI=1S/C16H22BrNO/c1-11-5-3-6-13(10-9-11)18-16(19)14-7-4-8-15(17)12(14)2/h4,7-8,11,13H,3,5-6,9-10H2,1-2H3,(H,18,19). The molecule has 2 rings (SSSR count). The summed E-state index contributed by atoms with van der Waals surface area (Å²) in [5.41, 5.74) is 1.80. The molecule has 0 radical (unpaired) electrons. The van der Waals surface area contributed by atoms with Crippen molar-refractivity contribution in [3.05, 3.63) is 33.8 Å². The summed E-state index contributed by atoms with van der Waals surface area (Å²) in [4.78, 5) is 12.3. The summed E-state index contributed by atoms with van der Waals surface area (Å²) in [6.45, 7) is 4.29. The lowest BCUT2D eigenvalue weighted by atomic mass is 10.0. The highest BCUT2D eigenvalue weighted by atomic mass is 79.9. The molecule has 0 bridgehead atoms. The molecule has 2 atom stereocenters. The summed E-state index contributed by atoms with van der Waals surface area (Å²) in [5.74, 6) is 0.868. The Kier molecular flexibility index (Phi) is 5.03. The molecule has 1 aromatic rings. The van der Waals surface area contributed by atoms with Crippen molar-refractivity contribution in [3.8, 4) is 0 Å². The predicted molar refractivity (Wildman–Crippen MR) is 82.4 cm³/mol. The maximum atomic E-state index is 12.3. The van der Waals surface area contributed by atoms with Crippen molar-refractivity contribution in [3.63, 3.8) is 0 Å². The summed E-state index contributed by atoms with van der Waals surface area (Å²) >= 11 is 3.48. The fraction of sp³-hybridized carbons (Fsp3) is 0.562. The van der Waals surface area contributed by atoms with Crippen LogP contribution in [0.3, 0.4) is 0 Å². The summed E-state index contributed by atoms with van der Waals surface area (Å²) in [5, 5.41) is 3.20. The van der Waals surface area contributed by atoms with Gasteiger partial charge in [0, 0.05) is 16.1 Å². The second kappa shape index (κ2) is 6.56. The Morgan fingerprint density at radius 2 is 2.05 bits per heavy atom. The second-order valence-corrected chi connectivity index (χ2v) is 6.55. The molecule has 2 nitrogen and oxygen atoms in total. The van der Waals surface area contributed by atoms with Crippen molar-refractivity contribution in [2.75, 3.05) is 0 Å². The van der Waals surface area contributed by atoms with E-state index in [1.807, 2.05) is 25.1 Å². The Labute approximate surface area is 124 Å². The highest BCUT2D eigenvalue weighted by Gasteiger charge is 2.19. The first-order valence-electron chi connectivity index (χ1n) is 7.14. The third-order valence-electron chi connectivity index (χ3n) is 4.10. The van der Waals surface area contributed by atoms with E-state index in [0.29, 0.717) is 6.04 Å². The number of carbonyl (C=O) groups excluding carboxylic acids is 1. The molecule has 0 aromatic heterocycles. The molecule has 0 heterocycles. The minimum absolute atomic E-state index is 0.0679. The van der Waals surface area contributed by atoms with E-state index in [1.165, 1.54) is 19.3 Å². The molecule has 1 N–H and O–H groups in total. The number of carbonyl (C=O) groups is 1. The van der Waals surface area contributed by atoms with Gasteiger partial charge in [0.1, 0.15) is 0 Å². The van der Waals surface area contributed by atoms with Gasteiger partial charge in [0.15, 0.2) is 0 Å². The molecular formula is C16H22BrNO. The average Bonchev–Trinajstić information content (AvgIpc) is 2.58. The van der Waals surface area contributed by atoms with Crippen molar-refractivity contribution in [2.45, 2.75) is 52.0 Å². The fourth-order valence-electron chi connectivity index (χ4n) is 2.75. The molecule has 104 valence electrons. The zero-order valence-electron chi connectivity index (χ0n) is 11.7. The number of hydrogen-bond donors (Lipinski definition) is 1. The molecule has 1 aromatic carbocycles. The maximum Gasteiger partial charge on any atom is 0.251 e. The molecule has 1 fully saturated rings. The van der Waals surface area contributed by atoms with Gasteiger partial charge in [-0.05, 0) is 49.8 Å². The zero-order chi connectivity index (χ0) is 13.8. The first-order valence-corrected chi connectivity index (χ1v) is 7.93. The second-order valence-electron chi connectivity index (χ2n) is 5.70. The van der Waals surface area contributed by atoms with E-state index in [9.17, 15) is 4.79 Å². The van der Waals surface area contributed by atoms with Crippen LogP contribution in [0.1, 0.15) is 54.9 Å². The summed E-state index contributed by atoms with van der Waals surface area (Å²) in [7, 11) is 0. The number of nitrogens with one attached hydrogen (secondary N) is 1. The number of amides is 1. The van der Waals surface area contributed by atoms with Crippen molar-refractivity contribution in [1.82, 2.24) is 5.32 Å². The minimum Gasteiger partial charge on any atom is -0.349 e. The molecular weight excluding hydrogens is 302 g/mol. The van der Waals surface area contributed by atoms with Crippen LogP contribution in [-0.2, 0) is 0 Å². The number of benzene rings is 1. The Bertz CT molecular complexity index is 458. The lowest BCUT2D eigenvalue weighted by molar-refractivity contribution is 0.0932. The third-order valence-corrected chi connectivity index (χ3v) is 4.96. The van der Waals surface area contributed by atoms with Gasteiger partial charge in [0.2, 0.25) is 0 Å². The van der Waals surface area contributed by atoms with E-state index in [2.05, 4.69) is 28.2 Å². The van der Waals surface area contributed by atoms with E-state index in [4.69, 9.17) is 0 Å². The Morgan fingerprint density at radius 3 is 2.84 bits per heavy atom. The van der Waals surface area contributed by atoms with Crippen molar-refractivity contribution < 1.29 is 4.79 Å². The molecule has 0 aliphatic heterocycles. The third kappa shape index (κ3) is 3.82. The summed E-state index contributed by atoms with van der Waals surface area (Å²) in [6.07, 6.45) is 5.97. The van der Waals surface area contributed by atoms with Crippen molar-refractivity contribution >= 4 is 21.8 Å². The van der Waals surface area contributed by atoms with Gasteiger partial charge < -0.3 is 5.32 Å². The molecule has 1 saturated carbocycles. The SMILES string of the molecule is Cc1c(Br)cccc1C(=O)NC1CCCC(C)CC1. The van der Waals surface area contributed by atoms with E-state index in [0.717, 1.165) is 34.4 Å². The van der Waals surface area contributed by atoms with Gasteiger partial charge in [-0.25, -0.2) is 0 Å². The van der Waals surface area contributed by atoms with Crippen LogP contribution in [0, 0.1) is 12.8 Å². The molecule has 1 aliphatic rings. The average molecular weight is 324 g/mol. The molecule has 2 unspecified atom stereocenters. The largest absolute Gasteiger partial charge is 0.349 e. The monoisotopic (exact) mass is 323 g/mol. The Balaban J connectivity index is 2.02. The van der Waals surface area contributed by atoms with E-state index < -0.39 is 0 Å². The number of hydrogen-bond acceptors (Lipinski definition) is 1. The van der Waals surface area contributed by atoms with Gasteiger partial charge >= 0.3 is 0 Å². The van der Waals surface area contributed by atoms with Gasteiger partial charge in [-0.3, -0.25) is 4.79 Å². The quantitative estimate of drug-likeness (QED) is 0.800. The molecule has 0 saturated heterocycles.